The van der Waals surface area contributed by atoms with Gasteiger partial charge in [-0.1, -0.05) is 19.8 Å². The van der Waals surface area contributed by atoms with Crippen molar-refractivity contribution < 1.29 is 23.5 Å². The zero-order valence-corrected chi connectivity index (χ0v) is 25.5. The van der Waals surface area contributed by atoms with Crippen molar-refractivity contribution in [3.63, 3.8) is 0 Å². The van der Waals surface area contributed by atoms with E-state index in [0.717, 1.165) is 97.2 Å². The molecule has 4 saturated heterocycles. The molecule has 2 amide bonds. The monoisotopic (exact) mass is 571 g/mol. The second kappa shape index (κ2) is 12.5. The summed E-state index contributed by atoms with van der Waals surface area (Å²) in [6, 6.07) is 1.40. The van der Waals surface area contributed by atoms with Crippen molar-refractivity contribution in [3.8, 4) is 0 Å². The van der Waals surface area contributed by atoms with Crippen LogP contribution in [0.25, 0.3) is 0 Å². The Morgan fingerprint density at radius 3 is 2.34 bits per heavy atom. The minimum absolute atomic E-state index is 0.00158. The van der Waals surface area contributed by atoms with Crippen LogP contribution in [0.4, 0.5) is 4.79 Å². The number of piperidine rings is 2. The van der Waals surface area contributed by atoms with Crippen LogP contribution in [0, 0.1) is 25.7 Å². The molecular weight excluding hydrogens is 522 g/mol. The van der Waals surface area contributed by atoms with E-state index in [1.54, 1.807) is 13.8 Å². The van der Waals surface area contributed by atoms with Gasteiger partial charge in [0.1, 0.15) is 11.4 Å². The Balaban J connectivity index is 1.20. The van der Waals surface area contributed by atoms with Crippen LogP contribution in [0.5, 0.6) is 0 Å². The lowest BCUT2D eigenvalue weighted by Crippen LogP contribution is -2.64. The molecule has 9 heteroatoms. The predicted molar refractivity (Wildman–Crippen MR) is 156 cm³/mol. The first-order valence-electron chi connectivity index (χ1n) is 15.9. The van der Waals surface area contributed by atoms with Gasteiger partial charge in [0.25, 0.3) is 5.91 Å². The molecule has 228 valence electrons. The van der Waals surface area contributed by atoms with Crippen LogP contribution in [0.2, 0.25) is 0 Å². The van der Waals surface area contributed by atoms with E-state index in [-0.39, 0.29) is 23.1 Å². The predicted octanol–water partition coefficient (Wildman–Crippen LogP) is 4.77. The molecule has 4 aliphatic rings. The van der Waals surface area contributed by atoms with Gasteiger partial charge in [0, 0.05) is 82.8 Å². The number of aryl methyl sites for hydroxylation is 2. The van der Waals surface area contributed by atoms with Crippen molar-refractivity contribution in [3.05, 3.63) is 33.4 Å². The minimum Gasteiger partial charge on any atom is -0.442 e. The second-order valence-corrected chi connectivity index (χ2v) is 13.2. The van der Waals surface area contributed by atoms with Crippen molar-refractivity contribution in [1.82, 2.24) is 14.7 Å². The van der Waals surface area contributed by atoms with Gasteiger partial charge in [-0.15, -0.1) is 0 Å². The number of ether oxygens (including phenoxy) is 2. The number of amides is 2. The van der Waals surface area contributed by atoms with E-state index >= 15 is 0 Å². The highest BCUT2D eigenvalue weighted by atomic mass is 16.6. The van der Waals surface area contributed by atoms with E-state index in [4.69, 9.17) is 13.9 Å². The summed E-state index contributed by atoms with van der Waals surface area (Å²) in [7, 11) is 0. The van der Waals surface area contributed by atoms with Crippen LogP contribution in [0.3, 0.4) is 0 Å². The molecule has 5 heterocycles. The first-order valence-corrected chi connectivity index (χ1v) is 15.9. The lowest BCUT2D eigenvalue weighted by molar-refractivity contribution is -0.135. The summed E-state index contributed by atoms with van der Waals surface area (Å²) in [5, 5.41) is 0. The summed E-state index contributed by atoms with van der Waals surface area (Å²) in [5.74, 6) is 1.21. The van der Waals surface area contributed by atoms with Crippen LogP contribution >= 0.6 is 0 Å². The summed E-state index contributed by atoms with van der Waals surface area (Å²) in [4.78, 5) is 44.8. The Kier molecular flexibility index (Phi) is 9.14. The van der Waals surface area contributed by atoms with Crippen LogP contribution in [0.15, 0.2) is 15.3 Å². The van der Waals surface area contributed by atoms with Gasteiger partial charge >= 0.3 is 11.7 Å². The molecule has 5 rings (SSSR count). The molecule has 0 aliphatic carbocycles. The number of unbranched alkanes of at least 4 members (excludes halogenated alkanes) is 1. The van der Waals surface area contributed by atoms with Gasteiger partial charge < -0.3 is 23.7 Å². The highest BCUT2D eigenvalue weighted by Crippen LogP contribution is 2.43. The van der Waals surface area contributed by atoms with E-state index in [1.165, 1.54) is 6.07 Å². The Labute approximate surface area is 244 Å². The fraction of sp³-hybridized carbons (Fsp3) is 0.781. The number of carbonyl (C=O) groups is 2. The molecule has 0 N–H and O–H groups in total. The fourth-order valence-corrected chi connectivity index (χ4v) is 7.70. The molecular formula is C32H49N3O6. The van der Waals surface area contributed by atoms with Crippen molar-refractivity contribution >= 4 is 12.0 Å². The Morgan fingerprint density at radius 1 is 1.02 bits per heavy atom. The smallest absolute Gasteiger partial charge is 0.410 e. The third-order valence-corrected chi connectivity index (χ3v) is 10.5. The van der Waals surface area contributed by atoms with Gasteiger partial charge in [-0.05, 0) is 64.4 Å². The molecule has 1 spiro atoms. The Bertz CT molecular complexity index is 1120. The lowest BCUT2D eigenvalue weighted by Gasteiger charge is -2.55. The molecule has 1 atom stereocenters. The molecule has 0 radical (unpaired) electrons. The Morgan fingerprint density at radius 2 is 1.71 bits per heavy atom. The van der Waals surface area contributed by atoms with E-state index in [1.807, 2.05) is 9.80 Å². The van der Waals surface area contributed by atoms with E-state index < -0.39 is 5.63 Å². The van der Waals surface area contributed by atoms with Gasteiger partial charge in [0.05, 0.1) is 5.56 Å². The summed E-state index contributed by atoms with van der Waals surface area (Å²) in [6.45, 7) is 14.4. The zero-order chi connectivity index (χ0) is 29.2. The largest absolute Gasteiger partial charge is 0.442 e. The van der Waals surface area contributed by atoms with E-state index in [2.05, 4.69) is 18.7 Å². The number of carbonyl (C=O) groups excluding carboxylic acids is 2. The molecule has 4 aliphatic heterocycles. The molecule has 9 nitrogen and oxygen atoms in total. The maximum absolute atomic E-state index is 13.3. The molecule has 1 aromatic heterocycles. The van der Waals surface area contributed by atoms with Gasteiger partial charge in [-0.2, -0.15) is 0 Å². The van der Waals surface area contributed by atoms with Crippen LogP contribution in [-0.4, -0.2) is 90.3 Å². The highest BCUT2D eigenvalue weighted by Gasteiger charge is 2.51. The highest BCUT2D eigenvalue weighted by molar-refractivity contribution is 5.96. The number of likely N-dealkylation sites (tertiary alicyclic amines) is 2. The third kappa shape index (κ3) is 6.36. The maximum atomic E-state index is 13.3. The Hall–Kier alpha value is -2.39. The normalized spacial score (nSPS) is 25.4. The maximum Gasteiger partial charge on any atom is 0.410 e. The van der Waals surface area contributed by atoms with Crippen LogP contribution in [0.1, 0.15) is 93.3 Å². The van der Waals surface area contributed by atoms with Crippen molar-refractivity contribution in [1.29, 1.82) is 0 Å². The molecule has 1 unspecified atom stereocenters. The van der Waals surface area contributed by atoms with Gasteiger partial charge in [-0.25, -0.2) is 9.59 Å². The van der Waals surface area contributed by atoms with Crippen LogP contribution < -0.4 is 5.63 Å². The molecule has 0 saturated carbocycles. The zero-order valence-electron chi connectivity index (χ0n) is 25.5. The summed E-state index contributed by atoms with van der Waals surface area (Å²) >= 11 is 0. The number of hydrogen-bond acceptors (Lipinski definition) is 7. The average Bonchev–Trinajstić information content (AvgIpc) is 2.94. The summed E-state index contributed by atoms with van der Waals surface area (Å²) < 4.78 is 17.2. The topological polar surface area (TPSA) is 92.5 Å². The van der Waals surface area contributed by atoms with Crippen LogP contribution in [-0.2, 0) is 9.47 Å². The number of rotatable bonds is 7. The van der Waals surface area contributed by atoms with Crippen molar-refractivity contribution in [2.24, 2.45) is 11.8 Å². The SMILES string of the molecule is CCCCC1CN(CC2CCOCC2)C(=O)OC12CCN(C1(C)CCN(C(=O)c3c(C)cc(=O)oc3C)CC1)CC2. The van der Waals surface area contributed by atoms with Gasteiger partial charge in [0.2, 0.25) is 0 Å². The molecule has 4 fully saturated rings. The van der Waals surface area contributed by atoms with E-state index in [0.29, 0.717) is 41.8 Å². The van der Waals surface area contributed by atoms with Crippen molar-refractivity contribution in [2.45, 2.75) is 96.6 Å². The summed E-state index contributed by atoms with van der Waals surface area (Å²) in [5.41, 5.74) is 0.394. The molecule has 0 aromatic carbocycles. The van der Waals surface area contributed by atoms with Gasteiger partial charge in [0.15, 0.2) is 0 Å². The van der Waals surface area contributed by atoms with E-state index in [9.17, 15) is 14.4 Å². The fourth-order valence-electron chi connectivity index (χ4n) is 7.70. The first-order chi connectivity index (χ1) is 19.6. The van der Waals surface area contributed by atoms with Crippen molar-refractivity contribution in [2.75, 3.05) is 52.5 Å². The summed E-state index contributed by atoms with van der Waals surface area (Å²) in [6.07, 6.45) is 8.84. The number of hydrogen-bond donors (Lipinski definition) is 0. The molecule has 0 bridgehead atoms. The lowest BCUT2D eigenvalue weighted by atomic mass is 9.74. The third-order valence-electron chi connectivity index (χ3n) is 10.5. The quantitative estimate of drug-likeness (QED) is 0.466. The standard InChI is InChI=1S/C32H49N3O6/c1-5-6-7-26-22-34(21-25-8-18-39-19-9-25)30(38)41-32(26)12-16-35(17-13-32)31(4)10-14-33(15-11-31)29(37)28-23(2)20-27(36)40-24(28)3/h20,25-26H,5-19,21-22H2,1-4H3. The first kappa shape index (κ1) is 30.1. The average molecular weight is 572 g/mol. The minimum atomic E-state index is -0.418. The molecule has 1 aromatic rings. The second-order valence-electron chi connectivity index (χ2n) is 13.2. The number of nitrogens with zero attached hydrogens (tertiary/aromatic N) is 3. The van der Waals surface area contributed by atoms with Gasteiger partial charge in [-0.3, -0.25) is 9.69 Å². The molecule has 41 heavy (non-hydrogen) atoms.